The number of benzene rings is 1. The molecule has 0 aliphatic heterocycles. The summed E-state index contributed by atoms with van der Waals surface area (Å²) in [6, 6.07) is 5.47. The minimum Gasteiger partial charge on any atom is -0.330 e. The predicted molar refractivity (Wildman–Crippen MR) is 65.8 cm³/mol. The maximum atomic E-state index is 12.4. The third kappa shape index (κ3) is 5.00. The van der Waals surface area contributed by atoms with Crippen LogP contribution < -0.4 is 5.73 Å². The minimum atomic E-state index is -4.26. The van der Waals surface area contributed by atoms with Crippen LogP contribution in [0.5, 0.6) is 0 Å². The summed E-state index contributed by atoms with van der Waals surface area (Å²) in [6.07, 6.45) is -4.26. The molecule has 0 fully saturated rings. The molecule has 5 heteroatoms. The van der Waals surface area contributed by atoms with Gasteiger partial charge in [0.1, 0.15) is 0 Å². The van der Waals surface area contributed by atoms with E-state index in [0.29, 0.717) is 23.8 Å². The number of rotatable bonds is 5. The molecule has 1 nitrogen and oxygen atoms in total. The van der Waals surface area contributed by atoms with E-state index in [2.05, 4.69) is 0 Å². The van der Waals surface area contributed by atoms with Gasteiger partial charge in [-0.3, -0.25) is 0 Å². The van der Waals surface area contributed by atoms with Crippen molar-refractivity contribution in [2.45, 2.75) is 18.9 Å². The SMILES string of the molecule is CC(CN)CSCc1cccc(C(F)(F)F)c1. The lowest BCUT2D eigenvalue weighted by molar-refractivity contribution is -0.137. The van der Waals surface area contributed by atoms with Gasteiger partial charge >= 0.3 is 6.18 Å². The molecule has 1 aromatic rings. The zero-order valence-corrected chi connectivity index (χ0v) is 10.4. The van der Waals surface area contributed by atoms with Crippen molar-refractivity contribution in [2.24, 2.45) is 11.7 Å². The van der Waals surface area contributed by atoms with Crippen LogP contribution in [0.3, 0.4) is 0 Å². The van der Waals surface area contributed by atoms with Crippen molar-refractivity contribution in [1.82, 2.24) is 0 Å². The van der Waals surface area contributed by atoms with Gasteiger partial charge in [-0.15, -0.1) is 0 Å². The van der Waals surface area contributed by atoms with Gasteiger partial charge in [-0.05, 0) is 29.8 Å². The third-order valence-electron chi connectivity index (χ3n) is 2.33. The van der Waals surface area contributed by atoms with Gasteiger partial charge in [0.25, 0.3) is 0 Å². The number of alkyl halides is 3. The quantitative estimate of drug-likeness (QED) is 0.879. The Balaban J connectivity index is 2.55. The van der Waals surface area contributed by atoms with Crippen LogP contribution in [0.4, 0.5) is 13.2 Å². The fourth-order valence-corrected chi connectivity index (χ4v) is 2.36. The van der Waals surface area contributed by atoms with Crippen molar-refractivity contribution >= 4 is 11.8 Å². The van der Waals surface area contributed by atoms with E-state index in [-0.39, 0.29) is 0 Å². The topological polar surface area (TPSA) is 26.0 Å². The largest absolute Gasteiger partial charge is 0.416 e. The molecule has 96 valence electrons. The zero-order valence-electron chi connectivity index (χ0n) is 9.63. The highest BCUT2D eigenvalue weighted by Gasteiger charge is 2.30. The summed E-state index contributed by atoms with van der Waals surface area (Å²) in [5, 5.41) is 0. The van der Waals surface area contributed by atoms with Gasteiger partial charge < -0.3 is 5.73 Å². The fourth-order valence-electron chi connectivity index (χ4n) is 1.28. The molecule has 2 N–H and O–H groups in total. The fraction of sp³-hybridized carbons (Fsp3) is 0.500. The van der Waals surface area contributed by atoms with Gasteiger partial charge in [0.15, 0.2) is 0 Å². The molecule has 0 spiro atoms. The van der Waals surface area contributed by atoms with E-state index in [1.807, 2.05) is 6.92 Å². The van der Waals surface area contributed by atoms with Crippen LogP contribution in [-0.2, 0) is 11.9 Å². The van der Waals surface area contributed by atoms with Gasteiger partial charge in [0, 0.05) is 5.75 Å². The monoisotopic (exact) mass is 263 g/mol. The number of hydrogen-bond donors (Lipinski definition) is 1. The Kier molecular flexibility index (Phi) is 5.33. The van der Waals surface area contributed by atoms with Crippen LogP contribution in [0.2, 0.25) is 0 Å². The van der Waals surface area contributed by atoms with E-state index in [1.165, 1.54) is 12.1 Å². The first-order valence-corrected chi connectivity index (χ1v) is 6.53. The summed E-state index contributed by atoms with van der Waals surface area (Å²) in [7, 11) is 0. The molecule has 1 unspecified atom stereocenters. The molecule has 0 aliphatic carbocycles. The first kappa shape index (κ1) is 14.4. The zero-order chi connectivity index (χ0) is 12.9. The Morgan fingerprint density at radius 2 is 2.06 bits per heavy atom. The Labute approximate surface area is 104 Å². The molecular formula is C12H16F3NS. The smallest absolute Gasteiger partial charge is 0.330 e. The van der Waals surface area contributed by atoms with Crippen molar-refractivity contribution in [3.05, 3.63) is 35.4 Å². The first-order chi connectivity index (χ1) is 7.93. The van der Waals surface area contributed by atoms with Crippen molar-refractivity contribution < 1.29 is 13.2 Å². The molecule has 0 bridgehead atoms. The summed E-state index contributed by atoms with van der Waals surface area (Å²) < 4.78 is 37.3. The second-order valence-corrected chi connectivity index (χ2v) is 5.08. The summed E-state index contributed by atoms with van der Waals surface area (Å²) in [5.74, 6) is 1.85. The third-order valence-corrected chi connectivity index (χ3v) is 3.67. The maximum Gasteiger partial charge on any atom is 0.416 e. The number of thioether (sulfide) groups is 1. The van der Waals surface area contributed by atoms with Crippen LogP contribution >= 0.6 is 11.8 Å². The average molecular weight is 263 g/mol. The lowest BCUT2D eigenvalue weighted by atomic mass is 10.1. The Hall–Kier alpha value is -0.680. The minimum absolute atomic E-state index is 0.394. The van der Waals surface area contributed by atoms with Crippen LogP contribution in [0.25, 0.3) is 0 Å². The van der Waals surface area contributed by atoms with Crippen LogP contribution in [-0.4, -0.2) is 12.3 Å². The summed E-state index contributed by atoms with van der Waals surface area (Å²) in [4.78, 5) is 0. The van der Waals surface area contributed by atoms with Crippen molar-refractivity contribution in [3.8, 4) is 0 Å². The van der Waals surface area contributed by atoms with Gasteiger partial charge in [0.05, 0.1) is 5.56 Å². The maximum absolute atomic E-state index is 12.4. The van der Waals surface area contributed by atoms with Crippen LogP contribution in [0.15, 0.2) is 24.3 Å². The lowest BCUT2D eigenvalue weighted by Gasteiger charge is -2.10. The van der Waals surface area contributed by atoms with E-state index in [1.54, 1.807) is 17.8 Å². The summed E-state index contributed by atoms with van der Waals surface area (Å²) in [5.41, 5.74) is 5.59. The Morgan fingerprint density at radius 1 is 1.35 bits per heavy atom. The standard InChI is InChI=1S/C12H16F3NS/c1-9(6-16)7-17-8-10-3-2-4-11(5-10)12(13,14)15/h2-5,9H,6-8,16H2,1H3. The highest BCUT2D eigenvalue weighted by molar-refractivity contribution is 7.98. The summed E-state index contributed by atoms with van der Waals surface area (Å²) in [6.45, 7) is 2.63. The van der Waals surface area contributed by atoms with E-state index in [0.717, 1.165) is 11.8 Å². The van der Waals surface area contributed by atoms with Gasteiger partial charge in [-0.2, -0.15) is 24.9 Å². The van der Waals surface area contributed by atoms with Gasteiger partial charge in [-0.25, -0.2) is 0 Å². The molecular weight excluding hydrogens is 247 g/mol. The molecule has 17 heavy (non-hydrogen) atoms. The number of hydrogen-bond acceptors (Lipinski definition) is 2. The number of nitrogens with two attached hydrogens (primary N) is 1. The van der Waals surface area contributed by atoms with Crippen molar-refractivity contribution in [1.29, 1.82) is 0 Å². The van der Waals surface area contributed by atoms with E-state index in [9.17, 15) is 13.2 Å². The Morgan fingerprint density at radius 3 is 2.65 bits per heavy atom. The van der Waals surface area contributed by atoms with E-state index >= 15 is 0 Å². The van der Waals surface area contributed by atoms with Crippen molar-refractivity contribution in [2.75, 3.05) is 12.3 Å². The molecule has 1 rings (SSSR count). The molecule has 0 saturated carbocycles. The molecule has 0 aromatic heterocycles. The van der Waals surface area contributed by atoms with Crippen LogP contribution in [0.1, 0.15) is 18.1 Å². The molecule has 0 saturated heterocycles. The van der Waals surface area contributed by atoms with Crippen molar-refractivity contribution in [3.63, 3.8) is 0 Å². The second kappa shape index (κ2) is 6.31. The first-order valence-electron chi connectivity index (χ1n) is 5.37. The molecule has 0 heterocycles. The molecule has 0 radical (unpaired) electrons. The Bertz CT molecular complexity index is 352. The second-order valence-electron chi connectivity index (χ2n) is 4.05. The number of halogens is 3. The van der Waals surface area contributed by atoms with Crippen LogP contribution in [0, 0.1) is 5.92 Å². The summed E-state index contributed by atoms with van der Waals surface area (Å²) >= 11 is 1.61. The van der Waals surface area contributed by atoms with Gasteiger partial charge in [0.2, 0.25) is 0 Å². The van der Waals surface area contributed by atoms with E-state index in [4.69, 9.17) is 5.73 Å². The predicted octanol–water partition coefficient (Wildman–Crippen LogP) is 3.53. The molecule has 1 atom stereocenters. The highest BCUT2D eigenvalue weighted by Crippen LogP contribution is 2.30. The molecule has 0 aliphatic rings. The molecule has 1 aromatic carbocycles. The normalized spacial score (nSPS) is 13.7. The van der Waals surface area contributed by atoms with Gasteiger partial charge in [-0.1, -0.05) is 25.1 Å². The molecule has 0 amide bonds. The van der Waals surface area contributed by atoms with E-state index < -0.39 is 11.7 Å². The lowest BCUT2D eigenvalue weighted by Crippen LogP contribution is -2.12. The average Bonchev–Trinajstić information content (AvgIpc) is 2.28. The highest BCUT2D eigenvalue weighted by atomic mass is 32.2.